The number of amides is 2. The van der Waals surface area contributed by atoms with Crippen molar-refractivity contribution in [1.82, 2.24) is 14.7 Å². The minimum atomic E-state index is -0.373. The molecular weight excluding hydrogens is 312 g/mol. The lowest BCUT2D eigenvalue weighted by molar-refractivity contribution is -0.384. The minimum absolute atomic E-state index is 0.0910. The first-order valence-electron chi connectivity index (χ1n) is 8.21. The highest BCUT2D eigenvalue weighted by atomic mass is 16.6. The van der Waals surface area contributed by atoms with E-state index >= 15 is 0 Å². The average Bonchev–Trinajstić information content (AvgIpc) is 2.63. The van der Waals surface area contributed by atoms with Gasteiger partial charge in [-0.1, -0.05) is 12.1 Å². The second-order valence-electron chi connectivity index (χ2n) is 6.07. The lowest BCUT2D eigenvalue weighted by Gasteiger charge is -2.38. The number of hydrogen-bond acceptors (Lipinski definition) is 5. The summed E-state index contributed by atoms with van der Waals surface area (Å²) in [7, 11) is 0. The van der Waals surface area contributed by atoms with Crippen molar-refractivity contribution in [3.63, 3.8) is 0 Å². The number of urea groups is 1. The summed E-state index contributed by atoms with van der Waals surface area (Å²) in [4.78, 5) is 28.9. The van der Waals surface area contributed by atoms with Crippen LogP contribution < -0.4 is 0 Å². The van der Waals surface area contributed by atoms with Crippen molar-refractivity contribution in [1.29, 1.82) is 0 Å². The van der Waals surface area contributed by atoms with Gasteiger partial charge in [0.1, 0.15) is 0 Å². The number of benzene rings is 1. The summed E-state index contributed by atoms with van der Waals surface area (Å²) < 4.78 is 5.28. The largest absolute Gasteiger partial charge is 0.378 e. The van der Waals surface area contributed by atoms with Crippen LogP contribution in [0.15, 0.2) is 24.3 Å². The van der Waals surface area contributed by atoms with E-state index in [1.165, 1.54) is 6.07 Å². The van der Waals surface area contributed by atoms with Gasteiger partial charge in [0, 0.05) is 57.9 Å². The fraction of sp³-hybridized carbons (Fsp3) is 0.562. The predicted octanol–water partition coefficient (Wildman–Crippen LogP) is 1.16. The summed E-state index contributed by atoms with van der Waals surface area (Å²) >= 11 is 0. The maximum absolute atomic E-state index is 12.4. The van der Waals surface area contributed by atoms with Crippen LogP contribution in [0.1, 0.15) is 5.56 Å². The van der Waals surface area contributed by atoms with Crippen LogP contribution in [-0.2, 0) is 11.3 Å². The number of hydrogen-bond donors (Lipinski definition) is 0. The first-order chi connectivity index (χ1) is 11.6. The van der Waals surface area contributed by atoms with Crippen molar-refractivity contribution in [2.75, 3.05) is 52.5 Å². The number of morpholine rings is 1. The summed E-state index contributed by atoms with van der Waals surface area (Å²) in [5.74, 6) is 0. The lowest BCUT2D eigenvalue weighted by atomic mass is 10.1. The number of nitro benzene ring substituents is 1. The molecule has 1 aromatic rings. The Balaban J connectivity index is 1.50. The third-order valence-electron chi connectivity index (χ3n) is 4.45. The Hall–Kier alpha value is -2.19. The van der Waals surface area contributed by atoms with Crippen LogP contribution in [-0.4, -0.2) is 78.1 Å². The van der Waals surface area contributed by atoms with E-state index in [4.69, 9.17) is 4.74 Å². The summed E-state index contributed by atoms with van der Waals surface area (Å²) in [5.41, 5.74) is 1.05. The molecule has 8 heteroatoms. The molecule has 2 aliphatic heterocycles. The molecule has 24 heavy (non-hydrogen) atoms. The van der Waals surface area contributed by atoms with E-state index in [9.17, 15) is 14.9 Å². The van der Waals surface area contributed by atoms with Crippen LogP contribution in [0.2, 0.25) is 0 Å². The molecule has 0 aliphatic carbocycles. The van der Waals surface area contributed by atoms with Gasteiger partial charge in [0.05, 0.1) is 18.1 Å². The Morgan fingerprint density at radius 2 is 1.75 bits per heavy atom. The second kappa shape index (κ2) is 7.59. The number of non-ortho nitro benzene ring substituents is 1. The van der Waals surface area contributed by atoms with Crippen LogP contribution in [0.3, 0.4) is 0 Å². The molecule has 0 radical (unpaired) electrons. The molecule has 0 aromatic heterocycles. The average molecular weight is 334 g/mol. The molecule has 3 rings (SSSR count). The third kappa shape index (κ3) is 4.01. The van der Waals surface area contributed by atoms with Gasteiger partial charge in [-0.15, -0.1) is 0 Å². The number of piperazine rings is 1. The van der Waals surface area contributed by atoms with Gasteiger partial charge >= 0.3 is 6.03 Å². The summed E-state index contributed by atoms with van der Waals surface area (Å²) in [6.45, 7) is 6.13. The monoisotopic (exact) mass is 334 g/mol. The molecule has 2 amide bonds. The zero-order valence-corrected chi connectivity index (χ0v) is 13.6. The lowest BCUT2D eigenvalue weighted by Crippen LogP contribution is -2.54. The number of carbonyl (C=O) groups is 1. The van der Waals surface area contributed by atoms with Crippen LogP contribution in [0.5, 0.6) is 0 Å². The Morgan fingerprint density at radius 1 is 1.08 bits per heavy atom. The maximum atomic E-state index is 12.4. The molecule has 0 spiro atoms. The summed E-state index contributed by atoms with van der Waals surface area (Å²) in [6, 6.07) is 6.82. The molecule has 0 saturated carbocycles. The third-order valence-corrected chi connectivity index (χ3v) is 4.45. The maximum Gasteiger partial charge on any atom is 0.320 e. The molecule has 0 atom stereocenters. The quantitative estimate of drug-likeness (QED) is 0.612. The smallest absolute Gasteiger partial charge is 0.320 e. The zero-order valence-electron chi connectivity index (χ0n) is 13.6. The second-order valence-corrected chi connectivity index (χ2v) is 6.07. The molecule has 8 nitrogen and oxygen atoms in total. The standard InChI is InChI=1S/C16H22N4O4/c21-16(19-8-10-24-11-9-19)18-6-4-17(5-7-18)13-14-2-1-3-15(12-14)20(22)23/h1-3,12H,4-11,13H2. The summed E-state index contributed by atoms with van der Waals surface area (Å²) in [5, 5.41) is 10.8. The summed E-state index contributed by atoms with van der Waals surface area (Å²) in [6.07, 6.45) is 0. The Bertz CT molecular complexity index is 595. The van der Waals surface area contributed by atoms with Gasteiger partial charge in [0.2, 0.25) is 0 Å². The van der Waals surface area contributed by atoms with Gasteiger partial charge in [-0.05, 0) is 5.56 Å². The van der Waals surface area contributed by atoms with Crippen molar-refractivity contribution < 1.29 is 14.5 Å². The topological polar surface area (TPSA) is 79.2 Å². The van der Waals surface area contributed by atoms with Gasteiger partial charge in [-0.25, -0.2) is 4.79 Å². The van der Waals surface area contributed by atoms with Gasteiger partial charge < -0.3 is 14.5 Å². The highest BCUT2D eigenvalue weighted by molar-refractivity contribution is 5.74. The van der Waals surface area contributed by atoms with Gasteiger partial charge in [0.15, 0.2) is 0 Å². The van der Waals surface area contributed by atoms with E-state index in [1.54, 1.807) is 12.1 Å². The van der Waals surface area contributed by atoms with Crippen LogP contribution >= 0.6 is 0 Å². The first kappa shape index (κ1) is 16.7. The number of ether oxygens (including phenoxy) is 1. The van der Waals surface area contributed by atoms with Crippen molar-refractivity contribution in [3.8, 4) is 0 Å². The van der Waals surface area contributed by atoms with Gasteiger partial charge in [-0.3, -0.25) is 15.0 Å². The number of nitrogens with zero attached hydrogens (tertiary/aromatic N) is 4. The number of nitro groups is 1. The Morgan fingerprint density at radius 3 is 2.42 bits per heavy atom. The van der Waals surface area contributed by atoms with E-state index in [0.29, 0.717) is 45.9 Å². The van der Waals surface area contributed by atoms with Crippen LogP contribution in [0, 0.1) is 10.1 Å². The molecule has 0 bridgehead atoms. The van der Waals surface area contributed by atoms with Gasteiger partial charge in [-0.2, -0.15) is 0 Å². The molecule has 2 aliphatic rings. The van der Waals surface area contributed by atoms with Gasteiger partial charge in [0.25, 0.3) is 5.69 Å². The first-order valence-corrected chi connectivity index (χ1v) is 8.21. The molecule has 2 heterocycles. The van der Waals surface area contributed by atoms with Crippen LogP contribution in [0.4, 0.5) is 10.5 Å². The Labute approximate surface area is 140 Å². The molecule has 2 saturated heterocycles. The molecule has 1 aromatic carbocycles. The highest BCUT2D eigenvalue weighted by Crippen LogP contribution is 2.16. The number of rotatable bonds is 3. The zero-order chi connectivity index (χ0) is 16.9. The van der Waals surface area contributed by atoms with Crippen LogP contribution in [0.25, 0.3) is 0 Å². The normalized spacial score (nSPS) is 19.3. The SMILES string of the molecule is O=C(N1CCOCC1)N1CCN(Cc2cccc([N+](=O)[O-])c2)CC1. The number of carbonyl (C=O) groups excluding carboxylic acids is 1. The fourth-order valence-corrected chi connectivity index (χ4v) is 3.08. The molecule has 2 fully saturated rings. The fourth-order valence-electron chi connectivity index (χ4n) is 3.08. The van der Waals surface area contributed by atoms with E-state index in [0.717, 1.165) is 18.7 Å². The predicted molar refractivity (Wildman–Crippen MR) is 87.7 cm³/mol. The Kier molecular flexibility index (Phi) is 5.27. The van der Waals surface area contributed by atoms with E-state index < -0.39 is 0 Å². The highest BCUT2D eigenvalue weighted by Gasteiger charge is 2.26. The van der Waals surface area contributed by atoms with E-state index in [1.807, 2.05) is 15.9 Å². The molecule has 130 valence electrons. The van der Waals surface area contributed by atoms with Crippen molar-refractivity contribution in [2.45, 2.75) is 6.54 Å². The van der Waals surface area contributed by atoms with Crippen molar-refractivity contribution >= 4 is 11.7 Å². The van der Waals surface area contributed by atoms with E-state index in [-0.39, 0.29) is 16.6 Å². The molecule has 0 N–H and O–H groups in total. The van der Waals surface area contributed by atoms with Crippen molar-refractivity contribution in [3.05, 3.63) is 39.9 Å². The molecule has 0 unspecified atom stereocenters. The molecular formula is C16H22N4O4. The van der Waals surface area contributed by atoms with Crippen molar-refractivity contribution in [2.24, 2.45) is 0 Å². The van der Waals surface area contributed by atoms with E-state index in [2.05, 4.69) is 4.90 Å². The minimum Gasteiger partial charge on any atom is -0.378 e.